The fraction of sp³-hybridized carbons (Fsp3) is 0.559. The molecule has 3 amide bonds. The predicted molar refractivity (Wildman–Crippen MR) is 166 cm³/mol. The lowest BCUT2D eigenvalue weighted by Crippen LogP contribution is -2.52. The Labute approximate surface area is 259 Å². The molecule has 0 N–H and O–H groups in total. The van der Waals surface area contributed by atoms with Gasteiger partial charge in [0.15, 0.2) is 11.5 Å². The van der Waals surface area contributed by atoms with Crippen LogP contribution in [0, 0.1) is 5.92 Å². The van der Waals surface area contributed by atoms with Crippen LogP contribution in [0.1, 0.15) is 77.4 Å². The number of hydrogen-bond donors (Lipinski definition) is 0. The number of ether oxygens (including phenoxy) is 3. The van der Waals surface area contributed by atoms with Gasteiger partial charge in [-0.05, 0) is 69.3 Å². The molecule has 4 aliphatic rings. The minimum absolute atomic E-state index is 0.0889. The van der Waals surface area contributed by atoms with Crippen molar-refractivity contribution >= 4 is 23.4 Å². The highest BCUT2D eigenvalue weighted by Crippen LogP contribution is 2.49. The Morgan fingerprint density at radius 2 is 1.77 bits per heavy atom. The highest BCUT2D eigenvalue weighted by Gasteiger charge is 2.49. The molecule has 0 bridgehead atoms. The number of amides is 3. The molecule has 3 atom stereocenters. The summed E-state index contributed by atoms with van der Waals surface area (Å²) in [7, 11) is 4.72. The lowest BCUT2D eigenvalue weighted by molar-refractivity contribution is -0.133. The van der Waals surface area contributed by atoms with Gasteiger partial charge in [-0.25, -0.2) is 0 Å². The van der Waals surface area contributed by atoms with E-state index in [-0.39, 0.29) is 17.7 Å². The van der Waals surface area contributed by atoms with Gasteiger partial charge in [0.2, 0.25) is 5.91 Å². The maximum absolute atomic E-state index is 13.9. The van der Waals surface area contributed by atoms with Crippen LogP contribution in [0.5, 0.6) is 11.5 Å². The number of piperidine rings is 2. The Hall–Kier alpha value is -3.63. The molecule has 2 aromatic rings. The SMILES string of the molecule is COCCN(CC1CCCN2CCCCC12)C(=O)CCCN1C(=O)c2ccccc2N2C(=O)c3c(ccc(OC)c3OC)C12. The maximum atomic E-state index is 13.9. The second-order valence-corrected chi connectivity index (χ2v) is 12.3. The molecule has 6 rings (SSSR count). The standard InChI is InChI=1S/C34H44N4O6/c1-42-21-20-36(22-23-10-8-18-35-17-7-6-12-26(23)35)29(39)14-9-19-37-32-25-15-16-28(43-2)31(44-3)30(25)34(41)38(32)27-13-5-4-11-24(27)33(37)40/h4-5,11,13,15-16,23,26,32H,6-10,12,14,17-22H2,1-3H3. The van der Waals surface area contributed by atoms with E-state index in [0.29, 0.717) is 78.4 Å². The zero-order valence-corrected chi connectivity index (χ0v) is 26.1. The van der Waals surface area contributed by atoms with Crippen LogP contribution in [0.3, 0.4) is 0 Å². The quantitative estimate of drug-likeness (QED) is 0.377. The summed E-state index contributed by atoms with van der Waals surface area (Å²) in [4.78, 5) is 49.6. The molecule has 236 valence electrons. The van der Waals surface area contributed by atoms with Gasteiger partial charge in [-0.2, -0.15) is 0 Å². The van der Waals surface area contributed by atoms with Crippen LogP contribution in [-0.4, -0.2) is 99.1 Å². The van der Waals surface area contributed by atoms with Crippen LogP contribution in [0.2, 0.25) is 0 Å². The first-order valence-electron chi connectivity index (χ1n) is 16.0. The van der Waals surface area contributed by atoms with E-state index in [1.54, 1.807) is 35.1 Å². The van der Waals surface area contributed by atoms with Crippen LogP contribution in [0.15, 0.2) is 36.4 Å². The molecular weight excluding hydrogens is 560 g/mol. The number of carbonyl (C=O) groups is 3. The Morgan fingerprint density at radius 1 is 0.955 bits per heavy atom. The number of hydrogen-bond acceptors (Lipinski definition) is 7. The molecule has 10 heteroatoms. The van der Waals surface area contributed by atoms with E-state index >= 15 is 0 Å². The third kappa shape index (κ3) is 5.43. The van der Waals surface area contributed by atoms with Crippen molar-refractivity contribution < 1.29 is 28.6 Å². The normalized spacial score (nSPS) is 22.7. The molecule has 44 heavy (non-hydrogen) atoms. The molecule has 0 aliphatic carbocycles. The molecule has 0 saturated carbocycles. The highest BCUT2D eigenvalue weighted by atomic mass is 16.5. The number of benzene rings is 2. The van der Waals surface area contributed by atoms with Crippen molar-refractivity contribution in [3.63, 3.8) is 0 Å². The molecule has 0 spiro atoms. The number of nitrogens with zero attached hydrogens (tertiary/aromatic N) is 4. The van der Waals surface area contributed by atoms with E-state index in [0.717, 1.165) is 13.0 Å². The second-order valence-electron chi connectivity index (χ2n) is 12.3. The van der Waals surface area contributed by atoms with Gasteiger partial charge in [0.1, 0.15) is 6.17 Å². The maximum Gasteiger partial charge on any atom is 0.264 e. The third-order valence-corrected chi connectivity index (χ3v) is 9.87. The predicted octanol–water partition coefficient (Wildman–Crippen LogP) is 4.34. The van der Waals surface area contributed by atoms with Crippen molar-refractivity contribution in [2.75, 3.05) is 65.6 Å². The van der Waals surface area contributed by atoms with Gasteiger partial charge in [-0.1, -0.05) is 24.6 Å². The monoisotopic (exact) mass is 604 g/mol. The zero-order chi connectivity index (χ0) is 30.8. The van der Waals surface area contributed by atoms with Crippen LogP contribution in [0.4, 0.5) is 5.69 Å². The third-order valence-electron chi connectivity index (χ3n) is 9.87. The van der Waals surface area contributed by atoms with Crippen LogP contribution >= 0.6 is 0 Å². The van der Waals surface area contributed by atoms with Gasteiger partial charge >= 0.3 is 0 Å². The summed E-state index contributed by atoms with van der Waals surface area (Å²) < 4.78 is 16.5. The van der Waals surface area contributed by atoms with Gasteiger partial charge in [0, 0.05) is 44.8 Å². The fourth-order valence-electron chi connectivity index (χ4n) is 7.80. The first-order chi connectivity index (χ1) is 21.5. The Morgan fingerprint density at radius 3 is 2.57 bits per heavy atom. The van der Waals surface area contributed by atoms with Gasteiger partial charge < -0.3 is 28.9 Å². The summed E-state index contributed by atoms with van der Waals surface area (Å²) in [5.41, 5.74) is 2.14. The summed E-state index contributed by atoms with van der Waals surface area (Å²) in [6.07, 6.45) is 6.25. The first-order valence-corrected chi connectivity index (χ1v) is 16.0. The minimum Gasteiger partial charge on any atom is -0.493 e. The van der Waals surface area contributed by atoms with Gasteiger partial charge in [0.25, 0.3) is 11.8 Å². The van der Waals surface area contributed by atoms with Crippen LogP contribution < -0.4 is 14.4 Å². The second kappa shape index (κ2) is 13.2. The Bertz CT molecular complexity index is 1400. The topological polar surface area (TPSA) is 91.9 Å². The molecule has 2 saturated heterocycles. The summed E-state index contributed by atoms with van der Waals surface area (Å²) in [5, 5.41) is 0. The molecule has 2 aromatic carbocycles. The minimum atomic E-state index is -0.626. The number of carbonyl (C=O) groups excluding carboxylic acids is 3. The van der Waals surface area contributed by atoms with Crippen molar-refractivity contribution in [3.05, 3.63) is 53.1 Å². The van der Waals surface area contributed by atoms with Gasteiger partial charge in [0.05, 0.1) is 37.6 Å². The fourth-order valence-corrected chi connectivity index (χ4v) is 7.80. The summed E-state index contributed by atoms with van der Waals surface area (Å²) in [6.45, 7) is 4.48. The number of fused-ring (bicyclic) bond motifs is 6. The van der Waals surface area contributed by atoms with Gasteiger partial charge in [-0.15, -0.1) is 0 Å². The average molecular weight is 605 g/mol. The van der Waals surface area contributed by atoms with Crippen molar-refractivity contribution in [2.45, 2.75) is 57.2 Å². The Kier molecular flexibility index (Phi) is 9.09. The van der Waals surface area contributed by atoms with E-state index in [2.05, 4.69) is 4.90 Å². The van der Waals surface area contributed by atoms with Crippen molar-refractivity contribution in [1.82, 2.24) is 14.7 Å². The molecule has 10 nitrogen and oxygen atoms in total. The van der Waals surface area contributed by atoms with E-state index < -0.39 is 6.17 Å². The molecule has 0 aromatic heterocycles. The largest absolute Gasteiger partial charge is 0.493 e. The number of rotatable bonds is 11. The number of anilines is 1. The molecule has 2 fully saturated rings. The lowest BCUT2D eigenvalue weighted by atomic mass is 9.83. The van der Waals surface area contributed by atoms with Crippen molar-refractivity contribution in [3.8, 4) is 11.5 Å². The first kappa shape index (κ1) is 30.4. The molecule has 4 aliphatic heterocycles. The zero-order valence-electron chi connectivity index (χ0n) is 26.1. The smallest absolute Gasteiger partial charge is 0.264 e. The molecule has 0 radical (unpaired) electrons. The number of methoxy groups -OCH3 is 3. The number of para-hydroxylation sites is 1. The van der Waals surface area contributed by atoms with E-state index in [4.69, 9.17) is 14.2 Å². The summed E-state index contributed by atoms with van der Waals surface area (Å²) in [6, 6.07) is 11.4. The van der Waals surface area contributed by atoms with Gasteiger partial charge in [-0.3, -0.25) is 19.3 Å². The van der Waals surface area contributed by atoms with E-state index in [1.807, 2.05) is 23.1 Å². The van der Waals surface area contributed by atoms with Crippen LogP contribution in [0.25, 0.3) is 0 Å². The Balaban J connectivity index is 1.21. The summed E-state index contributed by atoms with van der Waals surface area (Å²) >= 11 is 0. The average Bonchev–Trinajstić information content (AvgIpc) is 3.36. The van der Waals surface area contributed by atoms with E-state index in [9.17, 15) is 14.4 Å². The van der Waals surface area contributed by atoms with Crippen LogP contribution in [-0.2, 0) is 9.53 Å². The van der Waals surface area contributed by atoms with Crippen molar-refractivity contribution in [2.24, 2.45) is 5.92 Å². The lowest BCUT2D eigenvalue weighted by Gasteiger charge is -2.45. The molecule has 4 heterocycles. The highest BCUT2D eigenvalue weighted by molar-refractivity contribution is 6.18. The summed E-state index contributed by atoms with van der Waals surface area (Å²) in [5.74, 6) is 0.994. The molecule has 3 unspecified atom stereocenters. The van der Waals surface area contributed by atoms with Crippen molar-refractivity contribution in [1.29, 1.82) is 0 Å². The molecular formula is C34H44N4O6. The van der Waals surface area contributed by atoms with E-state index in [1.165, 1.54) is 53.0 Å².